The summed E-state index contributed by atoms with van der Waals surface area (Å²) in [6.45, 7) is 8.33. The van der Waals surface area contributed by atoms with Crippen molar-refractivity contribution in [2.24, 2.45) is 5.92 Å². The second-order valence-electron chi connectivity index (χ2n) is 7.86. The average Bonchev–Trinajstić information content (AvgIpc) is 2.98. The largest absolute Gasteiger partial charge is 0.358 e. The molecule has 1 saturated heterocycles. The maximum atomic E-state index is 13.1. The molecule has 1 aliphatic rings. The Morgan fingerprint density at radius 1 is 1.36 bits per heavy atom. The van der Waals surface area contributed by atoms with E-state index in [-0.39, 0.29) is 23.9 Å². The highest BCUT2D eigenvalue weighted by Crippen LogP contribution is 2.36. The number of benzene rings is 1. The van der Waals surface area contributed by atoms with Crippen LogP contribution in [-0.2, 0) is 14.8 Å². The molecular formula is C20H31FN2O4S. The van der Waals surface area contributed by atoms with E-state index in [1.807, 2.05) is 13.8 Å². The van der Waals surface area contributed by atoms with Crippen molar-refractivity contribution in [2.45, 2.75) is 58.7 Å². The molecule has 6 nitrogen and oxygen atoms in total. The van der Waals surface area contributed by atoms with Gasteiger partial charge in [0.05, 0.1) is 18.4 Å². The molecule has 0 saturated carbocycles. The summed E-state index contributed by atoms with van der Waals surface area (Å²) in [7, 11) is -3.63. The van der Waals surface area contributed by atoms with E-state index in [0.29, 0.717) is 25.4 Å². The van der Waals surface area contributed by atoms with Gasteiger partial charge >= 0.3 is 0 Å². The van der Waals surface area contributed by atoms with Crippen LogP contribution >= 0.6 is 0 Å². The van der Waals surface area contributed by atoms with Crippen molar-refractivity contribution in [3.05, 3.63) is 35.6 Å². The first-order valence-electron chi connectivity index (χ1n) is 9.79. The van der Waals surface area contributed by atoms with Gasteiger partial charge in [-0.1, -0.05) is 20.8 Å². The van der Waals surface area contributed by atoms with Crippen molar-refractivity contribution in [1.82, 2.24) is 9.62 Å². The van der Waals surface area contributed by atoms with Crippen LogP contribution in [0.15, 0.2) is 24.3 Å². The fourth-order valence-electron chi connectivity index (χ4n) is 3.43. The lowest BCUT2D eigenvalue weighted by Gasteiger charge is -2.36. The third kappa shape index (κ3) is 5.52. The number of carbonyl (C=O) groups excluding carboxylic acids is 1. The van der Waals surface area contributed by atoms with Crippen LogP contribution < -0.4 is 5.32 Å². The highest BCUT2D eigenvalue weighted by Gasteiger charge is 2.49. The number of nitrogens with one attached hydrogen (secondary N) is 1. The van der Waals surface area contributed by atoms with Gasteiger partial charge in [0.2, 0.25) is 10.0 Å². The molecule has 2 atom stereocenters. The summed E-state index contributed by atoms with van der Waals surface area (Å²) in [5.41, 5.74) is -0.568. The smallest absolute Gasteiger partial charge is 0.251 e. The van der Waals surface area contributed by atoms with Crippen molar-refractivity contribution in [1.29, 1.82) is 0 Å². The summed E-state index contributed by atoms with van der Waals surface area (Å²) in [6, 6.07) is 4.92. The van der Waals surface area contributed by atoms with Crippen LogP contribution in [0.4, 0.5) is 4.39 Å². The monoisotopic (exact) mass is 414 g/mol. The van der Waals surface area contributed by atoms with Crippen molar-refractivity contribution < 1.29 is 22.3 Å². The summed E-state index contributed by atoms with van der Waals surface area (Å²) in [5.74, 6) is -0.626. The third-order valence-electron chi connectivity index (χ3n) is 5.09. The third-order valence-corrected chi connectivity index (χ3v) is 7.10. The van der Waals surface area contributed by atoms with Crippen LogP contribution in [0.3, 0.4) is 0 Å². The first-order valence-corrected chi connectivity index (χ1v) is 11.4. The maximum absolute atomic E-state index is 13.1. The number of sulfonamides is 1. The lowest BCUT2D eigenvalue weighted by Crippen LogP contribution is -2.51. The minimum absolute atomic E-state index is 0.0221. The number of amides is 1. The molecule has 28 heavy (non-hydrogen) atoms. The van der Waals surface area contributed by atoms with Gasteiger partial charge in [0.1, 0.15) is 11.5 Å². The van der Waals surface area contributed by atoms with Crippen LogP contribution in [0, 0.1) is 11.7 Å². The Morgan fingerprint density at radius 2 is 2.00 bits per heavy atom. The van der Waals surface area contributed by atoms with Gasteiger partial charge in [-0.25, -0.2) is 12.8 Å². The summed E-state index contributed by atoms with van der Waals surface area (Å²) >= 11 is 0. The van der Waals surface area contributed by atoms with E-state index in [9.17, 15) is 17.6 Å². The van der Waals surface area contributed by atoms with Crippen molar-refractivity contribution >= 4 is 15.9 Å². The Morgan fingerprint density at radius 3 is 2.57 bits per heavy atom. The van der Waals surface area contributed by atoms with E-state index in [1.54, 1.807) is 0 Å². The van der Waals surface area contributed by atoms with Crippen LogP contribution in [0.25, 0.3) is 0 Å². The quantitative estimate of drug-likeness (QED) is 0.674. The predicted octanol–water partition coefficient (Wildman–Crippen LogP) is 3.15. The van der Waals surface area contributed by atoms with Gasteiger partial charge in [0, 0.05) is 12.1 Å². The number of nitrogens with zero attached hydrogens (tertiary/aromatic N) is 1. The lowest BCUT2D eigenvalue weighted by molar-refractivity contribution is -0.0433. The highest BCUT2D eigenvalue weighted by molar-refractivity contribution is 7.89. The van der Waals surface area contributed by atoms with Crippen LogP contribution in [0.2, 0.25) is 0 Å². The van der Waals surface area contributed by atoms with Gasteiger partial charge in [-0.2, -0.15) is 4.31 Å². The second kappa shape index (κ2) is 9.33. The Balaban J connectivity index is 2.03. The molecule has 158 valence electrons. The number of rotatable bonds is 9. The zero-order valence-corrected chi connectivity index (χ0v) is 17.9. The number of carbonyl (C=O) groups is 1. The van der Waals surface area contributed by atoms with Gasteiger partial charge in [0.15, 0.2) is 0 Å². The molecule has 1 N–H and O–H groups in total. The summed E-state index contributed by atoms with van der Waals surface area (Å²) < 4.78 is 46.5. The molecule has 1 amide bonds. The number of hydrogen-bond donors (Lipinski definition) is 1. The van der Waals surface area contributed by atoms with E-state index in [2.05, 4.69) is 19.2 Å². The molecule has 0 unspecified atom stereocenters. The molecule has 1 aliphatic heterocycles. The Kier molecular flexibility index (Phi) is 7.59. The summed E-state index contributed by atoms with van der Waals surface area (Å²) in [6.07, 6.45) is 2.15. The van der Waals surface area contributed by atoms with Crippen LogP contribution in [0.5, 0.6) is 0 Å². The molecule has 0 aliphatic carbocycles. The van der Waals surface area contributed by atoms with E-state index in [0.717, 1.165) is 6.42 Å². The van der Waals surface area contributed by atoms with Crippen molar-refractivity contribution in [2.75, 3.05) is 18.9 Å². The van der Waals surface area contributed by atoms with Gasteiger partial charge in [-0.15, -0.1) is 0 Å². The molecule has 0 radical (unpaired) electrons. The molecule has 8 heteroatoms. The van der Waals surface area contributed by atoms with E-state index >= 15 is 0 Å². The summed E-state index contributed by atoms with van der Waals surface area (Å²) in [4.78, 5) is 12.1. The van der Waals surface area contributed by atoms with Crippen LogP contribution in [0.1, 0.15) is 57.3 Å². The molecule has 1 fully saturated rings. The zero-order valence-electron chi connectivity index (χ0n) is 17.1. The Labute approximate surface area is 167 Å². The summed E-state index contributed by atoms with van der Waals surface area (Å²) in [5, 5.41) is 2.60. The van der Waals surface area contributed by atoms with Crippen molar-refractivity contribution in [3.63, 3.8) is 0 Å². The number of halogens is 1. The first-order chi connectivity index (χ1) is 13.1. The average molecular weight is 415 g/mol. The lowest BCUT2D eigenvalue weighted by atomic mass is 10.0. The molecule has 0 bridgehead atoms. The molecule has 2 rings (SSSR count). The second-order valence-corrected chi connectivity index (χ2v) is 9.82. The molecule has 1 heterocycles. The maximum Gasteiger partial charge on any atom is 0.251 e. The van der Waals surface area contributed by atoms with Crippen molar-refractivity contribution in [3.8, 4) is 0 Å². The van der Waals surface area contributed by atoms with Gasteiger partial charge < -0.3 is 10.1 Å². The molecule has 1 aromatic rings. The predicted molar refractivity (Wildman–Crippen MR) is 107 cm³/mol. The minimum atomic E-state index is -3.63. The van der Waals surface area contributed by atoms with E-state index < -0.39 is 27.5 Å². The zero-order chi connectivity index (χ0) is 20.9. The number of ether oxygens (including phenoxy) is 1. The number of hydrogen-bond acceptors (Lipinski definition) is 4. The first kappa shape index (κ1) is 22.8. The topological polar surface area (TPSA) is 75.7 Å². The normalized spacial score (nSPS) is 23.3. The van der Waals surface area contributed by atoms with Gasteiger partial charge in [-0.3, -0.25) is 4.79 Å². The Hall–Kier alpha value is -1.51. The standard InChI is InChI=1S/C20H31FN2O4S/c1-5-18-14-27-20(4,11-10-15(2)3)23(18)28(25,26)13-12-22-19(24)16-6-8-17(21)9-7-16/h6-9,15,18H,5,10-14H2,1-4H3,(H,22,24)/t18-,20-/m0/s1. The molecular weight excluding hydrogens is 383 g/mol. The minimum Gasteiger partial charge on any atom is -0.358 e. The van der Waals surface area contributed by atoms with E-state index in [4.69, 9.17) is 4.74 Å². The molecule has 0 spiro atoms. The van der Waals surface area contributed by atoms with E-state index in [1.165, 1.54) is 28.6 Å². The molecule has 1 aromatic carbocycles. The van der Waals surface area contributed by atoms with Gasteiger partial charge in [0.25, 0.3) is 5.91 Å². The fraction of sp³-hybridized carbons (Fsp3) is 0.650. The SMILES string of the molecule is CC[C@H]1CO[C@@](C)(CCC(C)C)N1S(=O)(=O)CCNC(=O)c1ccc(F)cc1. The Bertz CT molecular complexity index is 767. The fourth-order valence-corrected chi connectivity index (χ4v) is 5.39. The highest BCUT2D eigenvalue weighted by atomic mass is 32.2. The van der Waals surface area contributed by atoms with Gasteiger partial charge in [-0.05, 0) is 56.4 Å². The molecule has 0 aromatic heterocycles. The van der Waals surface area contributed by atoms with Crippen LogP contribution in [-0.4, -0.2) is 49.3 Å².